The van der Waals surface area contributed by atoms with Gasteiger partial charge in [0, 0.05) is 23.9 Å². The number of aromatic nitrogens is 1. The zero-order chi connectivity index (χ0) is 27.4. The van der Waals surface area contributed by atoms with Gasteiger partial charge in [-0.3, -0.25) is 20.0 Å². The number of carbonyl (C=O) groups is 2. The van der Waals surface area contributed by atoms with Gasteiger partial charge in [-0.1, -0.05) is 35.9 Å². The molecule has 2 heterocycles. The third-order valence-electron chi connectivity index (χ3n) is 6.36. The first-order chi connectivity index (χ1) is 18.9. The van der Waals surface area contributed by atoms with Gasteiger partial charge in [-0.05, 0) is 43.3 Å². The number of benzene rings is 3. The first-order valence-corrected chi connectivity index (χ1v) is 13.3. The first-order valence-electron chi connectivity index (χ1n) is 12.5. The summed E-state index contributed by atoms with van der Waals surface area (Å²) in [5.41, 5.74) is 13.1. The highest BCUT2D eigenvalue weighted by Gasteiger charge is 2.27. The Morgan fingerprint density at radius 1 is 1.08 bits per heavy atom. The third kappa shape index (κ3) is 5.96. The lowest BCUT2D eigenvalue weighted by Crippen LogP contribution is -2.39. The smallest absolute Gasteiger partial charge is 0.299 e. The molecule has 1 aliphatic heterocycles. The Bertz CT molecular complexity index is 1490. The molecule has 0 radical (unpaired) electrons. The predicted molar refractivity (Wildman–Crippen MR) is 151 cm³/mol. The van der Waals surface area contributed by atoms with E-state index in [4.69, 9.17) is 15.2 Å². The van der Waals surface area contributed by atoms with E-state index < -0.39 is 0 Å². The van der Waals surface area contributed by atoms with Gasteiger partial charge >= 0.3 is 0 Å². The fourth-order valence-electron chi connectivity index (χ4n) is 4.23. The molecule has 2 amide bonds. The third-order valence-corrected chi connectivity index (χ3v) is 7.45. The van der Waals surface area contributed by atoms with Crippen LogP contribution in [0, 0.1) is 6.92 Å². The molecular weight excluding hydrogens is 514 g/mol. The monoisotopic (exact) mass is 543 g/mol. The van der Waals surface area contributed by atoms with Crippen LogP contribution in [0.3, 0.4) is 0 Å². The number of hydrazine groups is 1. The molecule has 3 aromatic carbocycles. The second-order valence-corrected chi connectivity index (χ2v) is 10.2. The highest BCUT2D eigenvalue weighted by Crippen LogP contribution is 2.30. The molecule has 3 N–H and O–H groups in total. The molecule has 0 spiro atoms. The van der Waals surface area contributed by atoms with Gasteiger partial charge in [-0.25, -0.2) is 4.98 Å². The van der Waals surface area contributed by atoms with E-state index in [1.807, 2.05) is 61.5 Å². The zero-order valence-corrected chi connectivity index (χ0v) is 22.5. The number of amides is 2. The summed E-state index contributed by atoms with van der Waals surface area (Å²) in [7, 11) is 1.58. The van der Waals surface area contributed by atoms with Gasteiger partial charge in [-0.2, -0.15) is 0 Å². The van der Waals surface area contributed by atoms with Gasteiger partial charge in [0.2, 0.25) is 0 Å². The van der Waals surface area contributed by atoms with Crippen LogP contribution in [0.4, 0.5) is 17.1 Å². The number of fused-ring (bicyclic) bond motifs is 1. The molecular formula is C29H29N5O4S. The van der Waals surface area contributed by atoms with Crippen molar-refractivity contribution in [3.63, 3.8) is 0 Å². The highest BCUT2D eigenvalue weighted by molar-refractivity contribution is 7.13. The number of ether oxygens (including phenoxy) is 2. The lowest BCUT2D eigenvalue weighted by Gasteiger charge is -2.26. The second kappa shape index (κ2) is 11.4. The van der Waals surface area contributed by atoms with Crippen molar-refractivity contribution in [2.45, 2.75) is 19.9 Å². The van der Waals surface area contributed by atoms with E-state index in [2.05, 4.69) is 10.4 Å². The topological polar surface area (TPSA) is 110 Å². The summed E-state index contributed by atoms with van der Waals surface area (Å²) in [4.78, 5) is 33.4. The van der Waals surface area contributed by atoms with Crippen molar-refractivity contribution < 1.29 is 19.1 Å². The summed E-state index contributed by atoms with van der Waals surface area (Å²) in [6, 6.07) is 22.3. The number of nitrogens with one attached hydrogen (secondary N) is 1. The molecule has 1 aliphatic rings. The maximum atomic E-state index is 13.4. The van der Waals surface area contributed by atoms with Crippen molar-refractivity contribution >= 4 is 40.2 Å². The molecule has 0 aliphatic carbocycles. The number of nitrogens with two attached hydrogens (primary N) is 1. The summed E-state index contributed by atoms with van der Waals surface area (Å²) in [6.45, 7) is 2.81. The average Bonchev–Trinajstić information content (AvgIpc) is 3.39. The van der Waals surface area contributed by atoms with Crippen LogP contribution in [0.25, 0.3) is 0 Å². The minimum absolute atomic E-state index is 0.0847. The minimum atomic E-state index is -0.350. The first kappa shape index (κ1) is 26.1. The molecule has 0 atom stereocenters. The van der Waals surface area contributed by atoms with Crippen molar-refractivity contribution in [3.8, 4) is 11.5 Å². The Hall–Kier alpha value is -4.57. The van der Waals surface area contributed by atoms with Crippen LogP contribution in [-0.4, -0.2) is 42.0 Å². The molecule has 0 unspecified atom stereocenters. The normalized spacial score (nSPS) is 12.4. The van der Waals surface area contributed by atoms with Crippen LogP contribution in [-0.2, 0) is 17.8 Å². The fourth-order valence-corrected chi connectivity index (χ4v) is 5.24. The zero-order valence-electron chi connectivity index (χ0n) is 21.7. The van der Waals surface area contributed by atoms with Gasteiger partial charge in [0.05, 0.1) is 36.4 Å². The molecule has 10 heteroatoms. The van der Waals surface area contributed by atoms with Crippen molar-refractivity contribution in [1.82, 2.24) is 15.3 Å². The Kier molecular flexibility index (Phi) is 7.64. The number of hydrogen-bond donors (Lipinski definition) is 2. The molecule has 5 rings (SSSR count). The van der Waals surface area contributed by atoms with Crippen LogP contribution < -0.4 is 25.6 Å². The van der Waals surface area contributed by atoms with Crippen LogP contribution in [0.1, 0.15) is 25.9 Å². The number of nitrogens with zero attached hydrogens (tertiary/aromatic N) is 3. The van der Waals surface area contributed by atoms with Gasteiger partial charge in [0.15, 0.2) is 11.6 Å². The quantitative estimate of drug-likeness (QED) is 0.249. The van der Waals surface area contributed by atoms with Gasteiger partial charge < -0.3 is 20.1 Å². The number of thiazole rings is 1. The van der Waals surface area contributed by atoms with Crippen molar-refractivity contribution in [2.75, 3.05) is 31.0 Å². The summed E-state index contributed by atoms with van der Waals surface area (Å²) < 4.78 is 10.9. The fraction of sp³-hybridized carbons (Fsp3) is 0.207. The minimum Gasteiger partial charge on any atom is -0.497 e. The maximum Gasteiger partial charge on any atom is 0.299 e. The lowest BCUT2D eigenvalue weighted by molar-refractivity contribution is -0.134. The summed E-state index contributed by atoms with van der Waals surface area (Å²) in [6.07, 6.45) is 0.567. The number of nitrogen functional groups attached to an aromatic ring is 1. The maximum absolute atomic E-state index is 13.4. The van der Waals surface area contributed by atoms with Crippen LogP contribution >= 0.6 is 11.3 Å². The average molecular weight is 544 g/mol. The van der Waals surface area contributed by atoms with E-state index in [0.717, 1.165) is 21.8 Å². The van der Waals surface area contributed by atoms with Crippen LogP contribution in [0.2, 0.25) is 0 Å². The number of rotatable bonds is 8. The van der Waals surface area contributed by atoms with Crippen molar-refractivity contribution in [2.24, 2.45) is 0 Å². The molecule has 0 bridgehead atoms. The summed E-state index contributed by atoms with van der Waals surface area (Å²) in [5.74, 6) is 0.744. The van der Waals surface area contributed by atoms with E-state index in [0.29, 0.717) is 47.4 Å². The second-order valence-electron chi connectivity index (χ2n) is 9.09. The van der Waals surface area contributed by atoms with Crippen molar-refractivity contribution in [3.05, 3.63) is 93.9 Å². The molecule has 4 aromatic rings. The molecule has 1 aromatic heterocycles. The molecule has 9 nitrogen and oxygen atoms in total. The largest absolute Gasteiger partial charge is 0.497 e. The van der Waals surface area contributed by atoms with E-state index in [-0.39, 0.29) is 18.4 Å². The number of aryl methyl sites for hydroxylation is 1. The van der Waals surface area contributed by atoms with E-state index in [1.165, 1.54) is 11.3 Å². The molecule has 0 saturated heterocycles. The number of hydrogen-bond acceptors (Lipinski definition) is 8. The Morgan fingerprint density at radius 3 is 2.62 bits per heavy atom. The van der Waals surface area contributed by atoms with E-state index in [9.17, 15) is 9.59 Å². The Morgan fingerprint density at radius 2 is 1.85 bits per heavy atom. The Balaban J connectivity index is 1.28. The number of carbonyl (C=O) groups excluding carboxylic acids is 2. The molecule has 0 saturated carbocycles. The van der Waals surface area contributed by atoms with Crippen molar-refractivity contribution in [1.29, 1.82) is 0 Å². The van der Waals surface area contributed by atoms with E-state index in [1.54, 1.807) is 35.2 Å². The summed E-state index contributed by atoms with van der Waals surface area (Å²) >= 11 is 1.29. The Labute approximate surface area is 230 Å². The molecule has 0 fully saturated rings. The number of anilines is 3. The SMILES string of the molecule is COc1cccc(OCC(=O)N2CCc3nc(C(=O)NN(c4ccc(C)cc4)c4ccccc4N)sc3C2)c1. The highest BCUT2D eigenvalue weighted by atomic mass is 32.1. The van der Waals surface area contributed by atoms with Gasteiger partial charge in [0.25, 0.3) is 11.8 Å². The van der Waals surface area contributed by atoms with Crippen LogP contribution in [0.5, 0.6) is 11.5 Å². The van der Waals surface area contributed by atoms with Crippen LogP contribution in [0.15, 0.2) is 72.8 Å². The number of para-hydroxylation sites is 2. The standard InChI is InChI=1S/C29H29N5O4S/c1-19-10-12-20(13-11-19)34(25-9-4-3-8-23(25)30)32-28(36)29-31-24-14-15-33(17-26(24)39-29)27(35)18-38-22-7-5-6-21(16-22)37-2/h3-13,16H,14-15,17-18,30H2,1-2H3,(H,32,36). The van der Waals surface area contributed by atoms with Gasteiger partial charge in [-0.15, -0.1) is 11.3 Å². The lowest BCUT2D eigenvalue weighted by atomic mass is 10.2. The molecule has 39 heavy (non-hydrogen) atoms. The molecule has 200 valence electrons. The van der Waals surface area contributed by atoms with E-state index >= 15 is 0 Å². The summed E-state index contributed by atoms with van der Waals surface area (Å²) in [5, 5.41) is 2.00. The number of methoxy groups -OCH3 is 1. The predicted octanol–water partition coefficient (Wildman–Crippen LogP) is 4.49. The van der Waals surface area contributed by atoms with Gasteiger partial charge in [0.1, 0.15) is 11.5 Å².